The summed E-state index contributed by atoms with van der Waals surface area (Å²) >= 11 is 0. The van der Waals surface area contributed by atoms with Gasteiger partial charge in [0.1, 0.15) is 0 Å². The van der Waals surface area contributed by atoms with Gasteiger partial charge in [-0.25, -0.2) is 8.42 Å². The van der Waals surface area contributed by atoms with Crippen LogP contribution in [0.4, 0.5) is 0 Å². The molecule has 25 heavy (non-hydrogen) atoms. The zero-order valence-electron chi connectivity index (χ0n) is 16.3. The number of sulfone groups is 1. The van der Waals surface area contributed by atoms with E-state index in [-0.39, 0.29) is 23.5 Å². The minimum Gasteiger partial charge on any atom is -0.338 e. The molecule has 6 nitrogen and oxygen atoms in total. The van der Waals surface area contributed by atoms with Crippen LogP contribution in [0.2, 0.25) is 0 Å². The average Bonchev–Trinajstić information content (AvgIpc) is 2.86. The summed E-state index contributed by atoms with van der Waals surface area (Å²) in [6.45, 7) is 14.7. The quantitative estimate of drug-likeness (QED) is 0.697. The van der Waals surface area contributed by atoms with Gasteiger partial charge in [-0.15, -0.1) is 0 Å². The molecule has 0 N–H and O–H groups in total. The van der Waals surface area contributed by atoms with Gasteiger partial charge in [0.05, 0.1) is 18.1 Å². The predicted octanol–water partition coefficient (Wildman–Crippen LogP) is 1.08. The molecule has 146 valence electrons. The van der Waals surface area contributed by atoms with Crippen LogP contribution in [0.1, 0.15) is 40.5 Å². The molecule has 0 saturated carbocycles. The third kappa shape index (κ3) is 6.53. The summed E-state index contributed by atoms with van der Waals surface area (Å²) in [5.41, 5.74) is 0.357. The molecular formula is C18H35N3O3S. The Labute approximate surface area is 153 Å². The lowest BCUT2D eigenvalue weighted by atomic mass is 9.92. The van der Waals surface area contributed by atoms with Gasteiger partial charge in [0, 0.05) is 38.8 Å². The summed E-state index contributed by atoms with van der Waals surface area (Å²) in [5.74, 6) is 0.425. The molecule has 2 saturated heterocycles. The fourth-order valence-electron chi connectivity index (χ4n) is 3.61. The Hall–Kier alpha value is -0.660. The molecule has 2 rings (SSSR count). The highest BCUT2D eigenvalue weighted by Crippen LogP contribution is 2.20. The van der Waals surface area contributed by atoms with Crippen molar-refractivity contribution < 1.29 is 13.2 Å². The lowest BCUT2D eigenvalue weighted by Crippen LogP contribution is -2.52. The first-order chi connectivity index (χ1) is 11.6. The summed E-state index contributed by atoms with van der Waals surface area (Å²) in [7, 11) is -2.96. The van der Waals surface area contributed by atoms with E-state index in [0.29, 0.717) is 24.9 Å². The standard InChI is InChI=1S/C18H35N3O3S/c1-5-21(16-6-13-25(23,24)15-16)17(22)14-20-11-9-19(10-12-20)8-7-18(2,3)4/h16H,5-15H2,1-4H3. The smallest absolute Gasteiger partial charge is 0.237 e. The van der Waals surface area contributed by atoms with Crippen molar-refractivity contribution >= 4 is 15.7 Å². The summed E-state index contributed by atoms with van der Waals surface area (Å²) in [4.78, 5) is 19.1. The van der Waals surface area contributed by atoms with Crippen LogP contribution in [0.25, 0.3) is 0 Å². The molecule has 7 heteroatoms. The highest BCUT2D eigenvalue weighted by atomic mass is 32.2. The number of carbonyl (C=O) groups is 1. The lowest BCUT2D eigenvalue weighted by molar-refractivity contribution is -0.134. The molecule has 2 aliphatic rings. The van der Waals surface area contributed by atoms with Crippen LogP contribution in [0.5, 0.6) is 0 Å². The summed E-state index contributed by atoms with van der Waals surface area (Å²) in [6, 6.07) is -0.129. The van der Waals surface area contributed by atoms with Crippen molar-refractivity contribution in [2.45, 2.75) is 46.6 Å². The van der Waals surface area contributed by atoms with E-state index >= 15 is 0 Å². The molecule has 1 unspecified atom stereocenters. The number of amides is 1. The van der Waals surface area contributed by atoms with Crippen molar-refractivity contribution in [1.29, 1.82) is 0 Å². The average molecular weight is 374 g/mol. The Balaban J connectivity index is 1.77. The molecular weight excluding hydrogens is 338 g/mol. The Morgan fingerprint density at radius 3 is 2.20 bits per heavy atom. The van der Waals surface area contributed by atoms with Crippen molar-refractivity contribution in [3.8, 4) is 0 Å². The van der Waals surface area contributed by atoms with Crippen LogP contribution in [0.3, 0.4) is 0 Å². The van der Waals surface area contributed by atoms with E-state index in [0.717, 1.165) is 32.7 Å². The number of piperazine rings is 1. The number of rotatable bonds is 6. The van der Waals surface area contributed by atoms with E-state index < -0.39 is 9.84 Å². The maximum absolute atomic E-state index is 12.7. The molecule has 2 fully saturated rings. The molecule has 2 heterocycles. The SMILES string of the molecule is CCN(C(=O)CN1CCN(CCC(C)(C)C)CC1)C1CCS(=O)(=O)C1. The molecule has 0 bridgehead atoms. The van der Waals surface area contributed by atoms with E-state index in [9.17, 15) is 13.2 Å². The zero-order valence-corrected chi connectivity index (χ0v) is 17.1. The van der Waals surface area contributed by atoms with Crippen LogP contribution >= 0.6 is 0 Å². The Morgan fingerprint density at radius 1 is 1.12 bits per heavy atom. The van der Waals surface area contributed by atoms with E-state index in [4.69, 9.17) is 0 Å². The molecule has 0 radical (unpaired) electrons. The van der Waals surface area contributed by atoms with E-state index in [1.807, 2.05) is 6.92 Å². The fraction of sp³-hybridized carbons (Fsp3) is 0.944. The molecule has 0 spiro atoms. The molecule has 1 atom stereocenters. The minimum absolute atomic E-state index is 0.0766. The number of carbonyl (C=O) groups excluding carboxylic acids is 1. The number of hydrogen-bond donors (Lipinski definition) is 0. The van der Waals surface area contributed by atoms with Crippen LogP contribution in [-0.4, -0.2) is 92.4 Å². The van der Waals surface area contributed by atoms with Gasteiger partial charge in [-0.3, -0.25) is 9.69 Å². The summed E-state index contributed by atoms with van der Waals surface area (Å²) in [5, 5.41) is 0. The van der Waals surface area contributed by atoms with Gasteiger partial charge in [-0.05, 0) is 31.7 Å². The van der Waals surface area contributed by atoms with Gasteiger partial charge in [-0.2, -0.15) is 0 Å². The van der Waals surface area contributed by atoms with E-state index in [2.05, 4.69) is 30.6 Å². The van der Waals surface area contributed by atoms with Crippen molar-refractivity contribution in [2.24, 2.45) is 5.41 Å². The Morgan fingerprint density at radius 2 is 1.72 bits per heavy atom. The van der Waals surface area contributed by atoms with Crippen molar-refractivity contribution in [2.75, 3.05) is 57.3 Å². The van der Waals surface area contributed by atoms with Gasteiger partial charge >= 0.3 is 0 Å². The van der Waals surface area contributed by atoms with Gasteiger partial charge in [-0.1, -0.05) is 20.8 Å². The highest BCUT2D eigenvalue weighted by molar-refractivity contribution is 7.91. The van der Waals surface area contributed by atoms with Gasteiger partial charge in [0.25, 0.3) is 0 Å². The second-order valence-corrected chi connectivity index (χ2v) is 10.9. The normalized spacial score (nSPS) is 25.2. The lowest BCUT2D eigenvalue weighted by Gasteiger charge is -2.37. The van der Waals surface area contributed by atoms with Crippen molar-refractivity contribution in [1.82, 2.24) is 14.7 Å². The van der Waals surface area contributed by atoms with Crippen LogP contribution in [0.15, 0.2) is 0 Å². The molecule has 0 aromatic heterocycles. The monoisotopic (exact) mass is 373 g/mol. The summed E-state index contributed by atoms with van der Waals surface area (Å²) in [6.07, 6.45) is 1.77. The first-order valence-corrected chi connectivity index (χ1v) is 11.4. The van der Waals surface area contributed by atoms with Gasteiger partial charge < -0.3 is 9.80 Å². The molecule has 0 aliphatic carbocycles. The van der Waals surface area contributed by atoms with Gasteiger partial charge in [0.2, 0.25) is 5.91 Å². The second kappa shape index (κ2) is 8.35. The first-order valence-electron chi connectivity index (χ1n) is 9.54. The Kier molecular flexibility index (Phi) is 6.90. The third-order valence-corrected chi connectivity index (χ3v) is 7.06. The Bertz CT molecular complexity index is 548. The molecule has 0 aromatic carbocycles. The van der Waals surface area contributed by atoms with Crippen molar-refractivity contribution in [3.05, 3.63) is 0 Å². The number of hydrogen-bond acceptors (Lipinski definition) is 5. The van der Waals surface area contributed by atoms with E-state index in [1.165, 1.54) is 6.42 Å². The fourth-order valence-corrected chi connectivity index (χ4v) is 5.34. The molecule has 0 aromatic rings. The third-order valence-electron chi connectivity index (χ3n) is 5.31. The maximum atomic E-state index is 12.7. The second-order valence-electron chi connectivity index (χ2n) is 8.67. The van der Waals surface area contributed by atoms with Crippen molar-refractivity contribution in [3.63, 3.8) is 0 Å². The number of nitrogens with zero attached hydrogens (tertiary/aromatic N) is 3. The summed E-state index contributed by atoms with van der Waals surface area (Å²) < 4.78 is 23.4. The molecule has 2 aliphatic heterocycles. The minimum atomic E-state index is -2.96. The largest absolute Gasteiger partial charge is 0.338 e. The number of likely N-dealkylation sites (N-methyl/N-ethyl adjacent to an activating group) is 1. The predicted molar refractivity (Wildman–Crippen MR) is 101 cm³/mol. The first kappa shape index (κ1) is 20.6. The maximum Gasteiger partial charge on any atom is 0.237 e. The van der Waals surface area contributed by atoms with Gasteiger partial charge in [0.15, 0.2) is 9.84 Å². The highest BCUT2D eigenvalue weighted by Gasteiger charge is 2.34. The van der Waals surface area contributed by atoms with Crippen LogP contribution < -0.4 is 0 Å². The van der Waals surface area contributed by atoms with Crippen LogP contribution in [-0.2, 0) is 14.6 Å². The zero-order chi connectivity index (χ0) is 18.7. The van der Waals surface area contributed by atoms with Crippen LogP contribution in [0, 0.1) is 5.41 Å². The topological polar surface area (TPSA) is 60.9 Å². The molecule has 1 amide bonds. The van der Waals surface area contributed by atoms with E-state index in [1.54, 1.807) is 4.90 Å².